The molecule has 0 bridgehead atoms. The summed E-state index contributed by atoms with van der Waals surface area (Å²) in [5.41, 5.74) is 0.836. The third-order valence-electron chi connectivity index (χ3n) is 7.50. The molecule has 0 radical (unpaired) electrons. The summed E-state index contributed by atoms with van der Waals surface area (Å²) in [5.74, 6) is -0.402. The Hall–Kier alpha value is -2.88. The van der Waals surface area contributed by atoms with E-state index in [9.17, 15) is 9.59 Å². The van der Waals surface area contributed by atoms with E-state index < -0.39 is 38.5 Å². The highest BCUT2D eigenvalue weighted by molar-refractivity contribution is 7.05. The van der Waals surface area contributed by atoms with Gasteiger partial charge in [-0.1, -0.05) is 60.7 Å². The van der Waals surface area contributed by atoms with E-state index in [0.29, 0.717) is 24.3 Å². The number of nitrogens with zero attached hydrogens (tertiary/aromatic N) is 1. The van der Waals surface area contributed by atoms with Crippen molar-refractivity contribution in [1.82, 2.24) is 4.90 Å². The normalized spacial score (nSPS) is 19.7. The van der Waals surface area contributed by atoms with E-state index in [-0.39, 0.29) is 0 Å². The van der Waals surface area contributed by atoms with Crippen LogP contribution in [0.25, 0.3) is 5.20 Å². The molecule has 2 fully saturated rings. The van der Waals surface area contributed by atoms with Crippen molar-refractivity contribution in [2.45, 2.75) is 52.0 Å². The summed E-state index contributed by atoms with van der Waals surface area (Å²) in [6, 6.07) is 17.6. The molecule has 9 heteroatoms. The van der Waals surface area contributed by atoms with Crippen molar-refractivity contribution < 1.29 is 28.4 Å². The first-order valence-corrected chi connectivity index (χ1v) is 15.2. The Kier molecular flexibility index (Phi) is 6.94. The zero-order valence-corrected chi connectivity index (χ0v) is 23.1. The molecule has 36 heavy (non-hydrogen) atoms. The molecule has 0 unspecified atom stereocenters. The van der Waals surface area contributed by atoms with E-state index in [0.717, 1.165) is 10.8 Å². The Balaban J connectivity index is 2.00. The second kappa shape index (κ2) is 9.54. The van der Waals surface area contributed by atoms with Gasteiger partial charge in [-0.3, -0.25) is 4.90 Å². The van der Waals surface area contributed by atoms with Crippen molar-refractivity contribution in [3.8, 4) is 0 Å². The molecule has 2 aromatic rings. The molecule has 4 rings (SSSR count). The summed E-state index contributed by atoms with van der Waals surface area (Å²) < 4.78 is 23.3. The summed E-state index contributed by atoms with van der Waals surface area (Å²) in [7, 11) is -1.88. The van der Waals surface area contributed by atoms with Gasteiger partial charge in [0.05, 0.1) is 36.0 Å². The van der Waals surface area contributed by atoms with Crippen LogP contribution in [0.2, 0.25) is 13.1 Å². The highest BCUT2D eigenvalue weighted by Crippen LogP contribution is 2.43. The third kappa shape index (κ3) is 4.63. The minimum Gasteiger partial charge on any atom is -0.465 e. The van der Waals surface area contributed by atoms with Gasteiger partial charge in [0, 0.05) is 0 Å². The zero-order chi connectivity index (χ0) is 26.3. The van der Waals surface area contributed by atoms with Crippen LogP contribution in [0.5, 0.6) is 0 Å². The molecular formula is C27H34BNO6Si. The summed E-state index contributed by atoms with van der Waals surface area (Å²) in [4.78, 5) is 26.8. The fraction of sp³-hybridized carbons (Fsp3) is 0.407. The largest absolute Gasteiger partial charge is 0.512 e. The molecule has 1 amide bonds. The Morgan fingerprint density at radius 3 is 2.00 bits per heavy atom. The lowest BCUT2D eigenvalue weighted by atomic mass is 9.81. The number of ether oxygens (including phenoxy) is 2. The van der Waals surface area contributed by atoms with Crippen LogP contribution < -0.4 is 5.19 Å². The fourth-order valence-corrected chi connectivity index (χ4v) is 7.76. The summed E-state index contributed by atoms with van der Waals surface area (Å²) >= 11 is 0. The second-order valence-electron chi connectivity index (χ2n) is 10.7. The average Bonchev–Trinajstić information content (AvgIpc) is 3.35. The number of amides is 1. The van der Waals surface area contributed by atoms with Crippen molar-refractivity contribution >= 4 is 37.6 Å². The number of rotatable bonds is 6. The topological polar surface area (TPSA) is 74.3 Å². The van der Waals surface area contributed by atoms with Gasteiger partial charge in [0.2, 0.25) is 0 Å². The maximum absolute atomic E-state index is 13.0. The Morgan fingerprint density at radius 1 is 0.944 bits per heavy atom. The molecule has 2 aromatic carbocycles. The average molecular weight is 507 g/mol. The van der Waals surface area contributed by atoms with Crippen LogP contribution in [0.1, 0.15) is 43.6 Å². The van der Waals surface area contributed by atoms with Crippen molar-refractivity contribution in [3.63, 3.8) is 0 Å². The zero-order valence-electron chi connectivity index (χ0n) is 22.1. The number of carbonyl (C=O) groups excluding carboxylic acids is 2. The number of methoxy groups -OCH3 is 1. The number of hydrogen-bond donors (Lipinski definition) is 0. The van der Waals surface area contributed by atoms with E-state index in [1.54, 1.807) is 17.0 Å². The molecule has 190 valence electrons. The maximum Gasteiger partial charge on any atom is 0.512 e. The van der Waals surface area contributed by atoms with Crippen LogP contribution in [0, 0.1) is 0 Å². The minimum absolute atomic E-state index is 0.295. The fourth-order valence-electron chi connectivity index (χ4n) is 4.67. The van der Waals surface area contributed by atoms with Crippen molar-refractivity contribution in [3.05, 3.63) is 71.3 Å². The molecular weight excluding hydrogens is 473 g/mol. The monoisotopic (exact) mass is 507 g/mol. The third-order valence-corrected chi connectivity index (χ3v) is 11.1. The van der Waals surface area contributed by atoms with Crippen LogP contribution >= 0.6 is 0 Å². The summed E-state index contributed by atoms with van der Waals surface area (Å²) in [6.45, 7) is 13.2. The van der Waals surface area contributed by atoms with Crippen molar-refractivity contribution in [2.24, 2.45) is 0 Å². The lowest BCUT2D eigenvalue weighted by Crippen LogP contribution is -2.48. The van der Waals surface area contributed by atoms with Crippen LogP contribution in [-0.4, -0.2) is 63.6 Å². The predicted octanol–water partition coefficient (Wildman–Crippen LogP) is 4.42. The van der Waals surface area contributed by atoms with Gasteiger partial charge < -0.3 is 18.8 Å². The quantitative estimate of drug-likeness (QED) is 0.426. The molecule has 2 aliphatic rings. The standard InChI is InChI=1S/C27H34BNO6Si/c1-26(2)27(3,4)35-28(34-26)23(29-17-18-33-25(29)31)22(36(6,7)21-11-9-8-10-12-21)19-13-15-20(16-14-19)24(30)32-5/h8-16H,17-18H2,1-7H3/b23-22+. The number of benzene rings is 2. The van der Waals surface area contributed by atoms with E-state index >= 15 is 0 Å². The summed E-state index contributed by atoms with van der Waals surface area (Å²) in [5, 5.41) is 2.18. The van der Waals surface area contributed by atoms with Gasteiger partial charge in [0.15, 0.2) is 0 Å². The van der Waals surface area contributed by atoms with Gasteiger partial charge in [-0.15, -0.1) is 0 Å². The Labute approximate surface area is 214 Å². The lowest BCUT2D eigenvalue weighted by molar-refractivity contribution is 0.00578. The number of hydrogen-bond acceptors (Lipinski definition) is 6. The molecule has 0 atom stereocenters. The molecule has 2 saturated heterocycles. The number of esters is 1. The van der Waals surface area contributed by atoms with Crippen LogP contribution in [0.4, 0.5) is 4.79 Å². The lowest BCUT2D eigenvalue weighted by Gasteiger charge is -2.33. The van der Waals surface area contributed by atoms with Gasteiger partial charge in [-0.05, 0) is 50.6 Å². The van der Waals surface area contributed by atoms with Gasteiger partial charge >= 0.3 is 19.2 Å². The molecule has 2 heterocycles. The van der Waals surface area contributed by atoms with Crippen LogP contribution in [0.15, 0.2) is 60.2 Å². The van der Waals surface area contributed by atoms with Crippen molar-refractivity contribution in [2.75, 3.05) is 20.3 Å². The molecule has 7 nitrogen and oxygen atoms in total. The Morgan fingerprint density at radius 2 is 1.50 bits per heavy atom. The van der Waals surface area contributed by atoms with E-state index in [1.807, 2.05) is 58.0 Å². The van der Waals surface area contributed by atoms with E-state index in [4.69, 9.17) is 18.8 Å². The predicted molar refractivity (Wildman–Crippen MR) is 142 cm³/mol. The first-order chi connectivity index (χ1) is 16.9. The smallest absolute Gasteiger partial charge is 0.465 e. The molecule has 0 aliphatic carbocycles. The van der Waals surface area contributed by atoms with Crippen molar-refractivity contribution in [1.29, 1.82) is 0 Å². The first-order valence-electron chi connectivity index (χ1n) is 12.2. The second-order valence-corrected chi connectivity index (χ2v) is 15.0. The highest BCUT2D eigenvalue weighted by Gasteiger charge is 2.56. The number of carbonyl (C=O) groups is 2. The summed E-state index contributed by atoms with van der Waals surface area (Å²) in [6.07, 6.45) is -0.416. The molecule has 2 aliphatic heterocycles. The van der Waals surface area contributed by atoms with Crippen LogP contribution in [-0.2, 0) is 18.8 Å². The Bertz CT molecular complexity index is 1160. The highest BCUT2D eigenvalue weighted by atomic mass is 28.3. The number of cyclic esters (lactones) is 1. The molecule has 0 N–H and O–H groups in total. The van der Waals surface area contributed by atoms with Gasteiger partial charge in [0.1, 0.15) is 14.7 Å². The SMILES string of the molecule is COC(=O)c1ccc(/C(=C(/B2OC(C)(C)C(C)(C)O2)N2CCOC2=O)[Si](C)(C)c2ccccc2)cc1. The van der Waals surface area contributed by atoms with E-state index in [2.05, 4.69) is 25.2 Å². The van der Waals surface area contributed by atoms with Gasteiger partial charge in [-0.25, -0.2) is 9.59 Å². The van der Waals surface area contributed by atoms with Gasteiger partial charge in [0.25, 0.3) is 0 Å². The first kappa shape index (κ1) is 26.2. The molecule has 0 spiro atoms. The molecule has 0 aromatic heterocycles. The van der Waals surface area contributed by atoms with E-state index in [1.165, 1.54) is 12.3 Å². The van der Waals surface area contributed by atoms with Crippen LogP contribution in [0.3, 0.4) is 0 Å². The maximum atomic E-state index is 13.0. The van der Waals surface area contributed by atoms with Gasteiger partial charge in [-0.2, -0.15) is 0 Å². The minimum atomic E-state index is -2.47. The molecule has 0 saturated carbocycles.